The van der Waals surface area contributed by atoms with Crippen molar-refractivity contribution in [2.45, 2.75) is 20.0 Å². The first-order chi connectivity index (χ1) is 7.34. The quantitative estimate of drug-likeness (QED) is 0.783. The van der Waals surface area contributed by atoms with Gasteiger partial charge in [0.1, 0.15) is 0 Å². The Balaban J connectivity index is 1.67. The highest BCUT2D eigenvalue weighted by Gasteiger charge is 1.94. The summed E-state index contributed by atoms with van der Waals surface area (Å²) in [5.41, 5.74) is 2.57. The van der Waals surface area contributed by atoms with E-state index in [1.54, 1.807) is 11.3 Å². The fraction of sp³-hybridized carbons (Fsp3) is 0.364. The van der Waals surface area contributed by atoms with Crippen LogP contribution >= 0.6 is 11.3 Å². The number of rotatable bonds is 5. The van der Waals surface area contributed by atoms with Gasteiger partial charge in [0.05, 0.1) is 12.7 Å². The smallest absolute Gasteiger partial charge is 0.0534 e. The highest BCUT2D eigenvalue weighted by molar-refractivity contribution is 7.07. The van der Waals surface area contributed by atoms with Crippen molar-refractivity contribution in [2.75, 3.05) is 6.54 Å². The summed E-state index contributed by atoms with van der Waals surface area (Å²) in [4.78, 5) is 0. The number of nitrogens with one attached hydrogen (secondary N) is 1. The van der Waals surface area contributed by atoms with Crippen molar-refractivity contribution in [3.63, 3.8) is 0 Å². The minimum absolute atomic E-state index is 0.929. The lowest BCUT2D eigenvalue weighted by atomic mass is 10.3. The summed E-state index contributed by atoms with van der Waals surface area (Å²) in [5, 5.41) is 11.9. The van der Waals surface area contributed by atoms with Gasteiger partial charge in [-0.15, -0.1) is 0 Å². The van der Waals surface area contributed by atoms with E-state index < -0.39 is 0 Å². The molecule has 0 saturated heterocycles. The van der Waals surface area contributed by atoms with Crippen molar-refractivity contribution in [3.8, 4) is 0 Å². The maximum atomic E-state index is 4.23. The molecule has 0 fully saturated rings. The van der Waals surface area contributed by atoms with E-state index in [2.05, 4.69) is 40.4 Å². The fourth-order valence-corrected chi connectivity index (χ4v) is 2.08. The topological polar surface area (TPSA) is 29.9 Å². The van der Waals surface area contributed by atoms with E-state index in [1.165, 1.54) is 11.1 Å². The van der Waals surface area contributed by atoms with Crippen molar-refractivity contribution in [2.24, 2.45) is 0 Å². The fourth-order valence-electron chi connectivity index (χ4n) is 1.41. The summed E-state index contributed by atoms with van der Waals surface area (Å²) in [7, 11) is 0. The molecule has 0 bridgehead atoms. The molecule has 0 aliphatic rings. The molecule has 0 saturated carbocycles. The summed E-state index contributed by atoms with van der Waals surface area (Å²) in [6, 6.07) is 2.15. The van der Waals surface area contributed by atoms with Gasteiger partial charge in [0.25, 0.3) is 0 Å². The predicted molar refractivity (Wildman–Crippen MR) is 63.0 cm³/mol. The maximum absolute atomic E-state index is 4.23. The van der Waals surface area contributed by atoms with E-state index in [9.17, 15) is 0 Å². The molecule has 2 heterocycles. The Kier molecular flexibility index (Phi) is 3.53. The molecule has 0 atom stereocenters. The largest absolute Gasteiger partial charge is 0.311 e. The van der Waals surface area contributed by atoms with Gasteiger partial charge in [0, 0.05) is 19.3 Å². The highest BCUT2D eigenvalue weighted by atomic mass is 32.1. The van der Waals surface area contributed by atoms with Crippen LogP contribution in [0.3, 0.4) is 0 Å². The Morgan fingerprint density at radius 2 is 2.47 bits per heavy atom. The average molecular weight is 221 g/mol. The summed E-state index contributed by atoms with van der Waals surface area (Å²) in [6.45, 7) is 4.89. The van der Waals surface area contributed by atoms with Gasteiger partial charge in [0.15, 0.2) is 0 Å². The standard InChI is InChI=1S/C11H15N3S/c1-10-6-13-14(8-10)4-3-12-7-11-2-5-15-9-11/h2,5-6,8-9,12H,3-4,7H2,1H3. The zero-order chi connectivity index (χ0) is 10.5. The molecule has 15 heavy (non-hydrogen) atoms. The molecular weight excluding hydrogens is 206 g/mol. The summed E-state index contributed by atoms with van der Waals surface area (Å²) >= 11 is 1.74. The van der Waals surface area contributed by atoms with Crippen LogP contribution in [-0.4, -0.2) is 16.3 Å². The van der Waals surface area contributed by atoms with E-state index in [1.807, 2.05) is 10.9 Å². The van der Waals surface area contributed by atoms with E-state index in [4.69, 9.17) is 0 Å². The molecule has 0 aliphatic carbocycles. The Labute approximate surface area is 93.7 Å². The van der Waals surface area contributed by atoms with E-state index in [0.29, 0.717) is 0 Å². The second-order valence-electron chi connectivity index (χ2n) is 3.59. The van der Waals surface area contributed by atoms with Crippen LogP contribution < -0.4 is 5.32 Å². The molecule has 3 nitrogen and oxygen atoms in total. The van der Waals surface area contributed by atoms with Gasteiger partial charge in [-0.3, -0.25) is 4.68 Å². The Hall–Kier alpha value is -1.13. The van der Waals surface area contributed by atoms with Gasteiger partial charge in [-0.25, -0.2) is 0 Å². The molecule has 0 unspecified atom stereocenters. The van der Waals surface area contributed by atoms with E-state index >= 15 is 0 Å². The van der Waals surface area contributed by atoms with E-state index in [-0.39, 0.29) is 0 Å². The number of nitrogens with zero attached hydrogens (tertiary/aromatic N) is 2. The van der Waals surface area contributed by atoms with Gasteiger partial charge in [-0.05, 0) is 34.9 Å². The second kappa shape index (κ2) is 5.09. The number of hydrogen-bond acceptors (Lipinski definition) is 3. The molecule has 2 aromatic rings. The van der Waals surface area contributed by atoms with Gasteiger partial charge >= 0.3 is 0 Å². The molecule has 2 aromatic heterocycles. The lowest BCUT2D eigenvalue weighted by molar-refractivity contribution is 0.555. The van der Waals surface area contributed by atoms with Crippen LogP contribution in [0.1, 0.15) is 11.1 Å². The lowest BCUT2D eigenvalue weighted by Gasteiger charge is -2.03. The monoisotopic (exact) mass is 221 g/mol. The van der Waals surface area contributed by atoms with Crippen molar-refractivity contribution in [3.05, 3.63) is 40.3 Å². The van der Waals surface area contributed by atoms with Crippen LogP contribution in [0.4, 0.5) is 0 Å². The van der Waals surface area contributed by atoms with Crippen LogP contribution in [0.5, 0.6) is 0 Å². The lowest BCUT2D eigenvalue weighted by Crippen LogP contribution is -2.19. The van der Waals surface area contributed by atoms with Crippen LogP contribution in [0.15, 0.2) is 29.2 Å². The van der Waals surface area contributed by atoms with Gasteiger partial charge in [-0.1, -0.05) is 0 Å². The summed E-state index contributed by atoms with van der Waals surface area (Å²) in [5.74, 6) is 0. The molecule has 80 valence electrons. The van der Waals surface area contributed by atoms with Crippen LogP contribution in [0, 0.1) is 6.92 Å². The third kappa shape index (κ3) is 3.18. The number of thiophene rings is 1. The highest BCUT2D eigenvalue weighted by Crippen LogP contribution is 2.04. The van der Waals surface area contributed by atoms with Crippen LogP contribution in [0.25, 0.3) is 0 Å². The maximum Gasteiger partial charge on any atom is 0.0534 e. The van der Waals surface area contributed by atoms with Crippen molar-refractivity contribution in [1.29, 1.82) is 0 Å². The molecule has 0 radical (unpaired) electrons. The normalized spacial score (nSPS) is 10.7. The van der Waals surface area contributed by atoms with Crippen LogP contribution in [-0.2, 0) is 13.1 Å². The van der Waals surface area contributed by atoms with Crippen LogP contribution in [0.2, 0.25) is 0 Å². The molecule has 2 rings (SSSR count). The Morgan fingerprint density at radius 3 is 3.13 bits per heavy atom. The Morgan fingerprint density at radius 1 is 1.53 bits per heavy atom. The van der Waals surface area contributed by atoms with E-state index in [0.717, 1.165) is 19.6 Å². The number of aromatic nitrogens is 2. The molecular formula is C11H15N3S. The van der Waals surface area contributed by atoms with Gasteiger partial charge < -0.3 is 5.32 Å². The molecule has 0 spiro atoms. The first kappa shape index (κ1) is 10.4. The van der Waals surface area contributed by atoms with Crippen molar-refractivity contribution in [1.82, 2.24) is 15.1 Å². The van der Waals surface area contributed by atoms with Gasteiger partial charge in [0.2, 0.25) is 0 Å². The SMILES string of the molecule is Cc1cnn(CCNCc2ccsc2)c1. The summed E-state index contributed by atoms with van der Waals surface area (Å²) < 4.78 is 1.97. The second-order valence-corrected chi connectivity index (χ2v) is 4.37. The third-order valence-corrected chi connectivity index (χ3v) is 2.92. The minimum atomic E-state index is 0.929. The summed E-state index contributed by atoms with van der Waals surface area (Å²) in [6.07, 6.45) is 3.95. The third-order valence-electron chi connectivity index (χ3n) is 2.19. The number of aryl methyl sites for hydroxylation is 1. The van der Waals surface area contributed by atoms with Crippen molar-refractivity contribution < 1.29 is 0 Å². The molecule has 0 amide bonds. The molecule has 1 N–H and O–H groups in total. The minimum Gasteiger partial charge on any atom is -0.311 e. The predicted octanol–water partition coefficient (Wildman–Crippen LogP) is 2.04. The number of hydrogen-bond donors (Lipinski definition) is 1. The zero-order valence-electron chi connectivity index (χ0n) is 8.81. The first-order valence-corrected chi connectivity index (χ1v) is 6.00. The van der Waals surface area contributed by atoms with Crippen molar-refractivity contribution >= 4 is 11.3 Å². The Bertz CT molecular complexity index is 392. The van der Waals surface area contributed by atoms with Gasteiger partial charge in [-0.2, -0.15) is 16.4 Å². The molecule has 0 aromatic carbocycles. The first-order valence-electron chi connectivity index (χ1n) is 5.05. The molecule has 0 aliphatic heterocycles. The average Bonchev–Trinajstić information content (AvgIpc) is 2.84. The molecule has 4 heteroatoms. The zero-order valence-corrected chi connectivity index (χ0v) is 9.63.